The minimum atomic E-state index is 0.224. The molecule has 0 aromatic carbocycles. The van der Waals surface area contributed by atoms with Gasteiger partial charge in [-0.05, 0) is 25.0 Å². The Balaban J connectivity index is 2.40. The van der Waals surface area contributed by atoms with Gasteiger partial charge in [-0.3, -0.25) is 9.78 Å². The quantitative estimate of drug-likeness (QED) is 0.525. The first kappa shape index (κ1) is 11.9. The predicted octanol–water partition coefficient (Wildman–Crippen LogP) is 3.54. The third kappa shape index (κ3) is 4.24. The molecule has 0 aliphatic heterocycles. The molecule has 1 aromatic heterocycles. The van der Waals surface area contributed by atoms with Crippen LogP contribution in [0.15, 0.2) is 18.5 Å². The molecule has 0 radical (unpaired) electrons. The summed E-state index contributed by atoms with van der Waals surface area (Å²) >= 11 is 0. The zero-order chi connectivity index (χ0) is 11.1. The van der Waals surface area contributed by atoms with E-state index in [1.54, 1.807) is 12.4 Å². The summed E-state index contributed by atoms with van der Waals surface area (Å²) in [6.07, 6.45) is 8.68. The summed E-state index contributed by atoms with van der Waals surface area (Å²) < 4.78 is 0. The minimum Gasteiger partial charge on any atom is -0.294 e. The summed E-state index contributed by atoms with van der Waals surface area (Å²) in [5.41, 5.74) is 1.81. The number of pyridine rings is 1. The number of unbranched alkanes of at least 4 members (excludes halogenated alkanes) is 3. The number of aromatic nitrogens is 1. The normalized spacial score (nSPS) is 10.3. The van der Waals surface area contributed by atoms with Gasteiger partial charge < -0.3 is 0 Å². The summed E-state index contributed by atoms with van der Waals surface area (Å²) in [4.78, 5) is 15.7. The summed E-state index contributed by atoms with van der Waals surface area (Å²) in [5.74, 6) is 0.224. The van der Waals surface area contributed by atoms with E-state index in [-0.39, 0.29) is 5.78 Å². The smallest absolute Gasteiger partial charge is 0.164 e. The number of aryl methyl sites for hydroxylation is 1. The van der Waals surface area contributed by atoms with Crippen molar-refractivity contribution in [1.29, 1.82) is 0 Å². The van der Waals surface area contributed by atoms with Gasteiger partial charge in [-0.1, -0.05) is 26.2 Å². The molecule has 0 saturated carbocycles. The van der Waals surface area contributed by atoms with Crippen molar-refractivity contribution in [2.45, 2.75) is 46.0 Å². The van der Waals surface area contributed by atoms with Gasteiger partial charge in [0.25, 0.3) is 0 Å². The van der Waals surface area contributed by atoms with Gasteiger partial charge in [-0.15, -0.1) is 0 Å². The Labute approximate surface area is 91.7 Å². The van der Waals surface area contributed by atoms with Gasteiger partial charge in [0.1, 0.15) is 0 Å². The number of hydrogen-bond acceptors (Lipinski definition) is 2. The average Bonchev–Trinajstić information content (AvgIpc) is 2.24. The SMILES string of the molecule is CCCCCCC(=O)c1cncc(C)c1. The second-order valence-electron chi connectivity index (χ2n) is 3.98. The van der Waals surface area contributed by atoms with Crippen molar-refractivity contribution in [3.8, 4) is 0 Å². The second-order valence-corrected chi connectivity index (χ2v) is 3.98. The maximum Gasteiger partial charge on any atom is 0.164 e. The van der Waals surface area contributed by atoms with Crippen molar-refractivity contribution in [2.24, 2.45) is 0 Å². The van der Waals surface area contributed by atoms with Crippen LogP contribution in [0.5, 0.6) is 0 Å². The third-order valence-electron chi connectivity index (χ3n) is 2.45. The number of carbonyl (C=O) groups is 1. The lowest BCUT2D eigenvalue weighted by Crippen LogP contribution is -2.00. The van der Waals surface area contributed by atoms with E-state index in [0.29, 0.717) is 6.42 Å². The Bertz CT molecular complexity index is 320. The van der Waals surface area contributed by atoms with Gasteiger partial charge in [-0.25, -0.2) is 0 Å². The molecule has 0 aliphatic rings. The molecule has 1 rings (SSSR count). The van der Waals surface area contributed by atoms with Crippen LogP contribution in [0, 0.1) is 6.92 Å². The molecule has 0 amide bonds. The van der Waals surface area contributed by atoms with E-state index in [1.807, 2.05) is 13.0 Å². The van der Waals surface area contributed by atoms with Crippen LogP contribution in [0.2, 0.25) is 0 Å². The van der Waals surface area contributed by atoms with Crippen molar-refractivity contribution >= 4 is 5.78 Å². The van der Waals surface area contributed by atoms with Crippen molar-refractivity contribution in [3.05, 3.63) is 29.6 Å². The van der Waals surface area contributed by atoms with Crippen LogP contribution in [-0.4, -0.2) is 10.8 Å². The molecule has 15 heavy (non-hydrogen) atoms. The maximum atomic E-state index is 11.7. The summed E-state index contributed by atoms with van der Waals surface area (Å²) in [6, 6.07) is 1.91. The van der Waals surface area contributed by atoms with Gasteiger partial charge in [0.05, 0.1) is 0 Å². The Hall–Kier alpha value is -1.18. The largest absolute Gasteiger partial charge is 0.294 e. The molecule has 0 aliphatic carbocycles. The summed E-state index contributed by atoms with van der Waals surface area (Å²) in [7, 11) is 0. The summed E-state index contributed by atoms with van der Waals surface area (Å²) in [5, 5.41) is 0. The number of rotatable bonds is 6. The monoisotopic (exact) mass is 205 g/mol. The van der Waals surface area contributed by atoms with E-state index in [1.165, 1.54) is 12.8 Å². The van der Waals surface area contributed by atoms with E-state index >= 15 is 0 Å². The zero-order valence-electron chi connectivity index (χ0n) is 9.62. The Morgan fingerprint density at radius 1 is 1.27 bits per heavy atom. The molecule has 0 saturated heterocycles. The van der Waals surface area contributed by atoms with Gasteiger partial charge in [-0.2, -0.15) is 0 Å². The molecule has 0 spiro atoms. The fourth-order valence-corrected chi connectivity index (χ4v) is 1.56. The highest BCUT2D eigenvalue weighted by Crippen LogP contribution is 2.09. The first-order valence-corrected chi connectivity index (χ1v) is 5.69. The molecule has 0 N–H and O–H groups in total. The van der Waals surface area contributed by atoms with Crippen molar-refractivity contribution in [1.82, 2.24) is 4.98 Å². The molecule has 0 atom stereocenters. The number of carbonyl (C=O) groups excluding carboxylic acids is 1. The molecule has 2 heteroatoms. The van der Waals surface area contributed by atoms with Crippen molar-refractivity contribution < 1.29 is 4.79 Å². The number of ketones is 1. The molecule has 0 bridgehead atoms. The lowest BCUT2D eigenvalue weighted by atomic mass is 10.0. The maximum absolute atomic E-state index is 11.7. The predicted molar refractivity (Wildman–Crippen MR) is 62.1 cm³/mol. The average molecular weight is 205 g/mol. The molecule has 0 fully saturated rings. The highest BCUT2D eigenvalue weighted by molar-refractivity contribution is 5.95. The van der Waals surface area contributed by atoms with Crippen LogP contribution < -0.4 is 0 Å². The Morgan fingerprint density at radius 2 is 2.07 bits per heavy atom. The van der Waals surface area contributed by atoms with Crippen LogP contribution in [0.25, 0.3) is 0 Å². The summed E-state index contributed by atoms with van der Waals surface area (Å²) in [6.45, 7) is 4.13. The zero-order valence-corrected chi connectivity index (χ0v) is 9.62. The number of Topliss-reactive ketones (excluding diaryl/α,β-unsaturated/α-hetero) is 1. The molecule has 2 nitrogen and oxygen atoms in total. The third-order valence-corrected chi connectivity index (χ3v) is 2.45. The van der Waals surface area contributed by atoms with E-state index in [2.05, 4.69) is 11.9 Å². The van der Waals surface area contributed by atoms with Gasteiger partial charge in [0, 0.05) is 24.4 Å². The van der Waals surface area contributed by atoms with E-state index in [0.717, 1.165) is 24.0 Å². The van der Waals surface area contributed by atoms with Gasteiger partial charge in [0.2, 0.25) is 0 Å². The van der Waals surface area contributed by atoms with Crippen LogP contribution in [0.4, 0.5) is 0 Å². The Morgan fingerprint density at radius 3 is 2.73 bits per heavy atom. The minimum absolute atomic E-state index is 0.224. The topological polar surface area (TPSA) is 30.0 Å². The fourth-order valence-electron chi connectivity index (χ4n) is 1.56. The highest BCUT2D eigenvalue weighted by Gasteiger charge is 2.05. The van der Waals surface area contributed by atoms with Crippen molar-refractivity contribution in [3.63, 3.8) is 0 Å². The first-order chi connectivity index (χ1) is 7.24. The van der Waals surface area contributed by atoms with E-state index < -0.39 is 0 Å². The standard InChI is InChI=1S/C13H19NO/c1-3-4-5-6-7-13(15)12-8-11(2)9-14-10-12/h8-10H,3-7H2,1-2H3. The van der Waals surface area contributed by atoms with Crippen LogP contribution in [-0.2, 0) is 0 Å². The molecule has 82 valence electrons. The molecule has 0 unspecified atom stereocenters. The first-order valence-electron chi connectivity index (χ1n) is 5.69. The van der Waals surface area contributed by atoms with Crippen LogP contribution in [0.3, 0.4) is 0 Å². The molecule has 1 heterocycles. The fraction of sp³-hybridized carbons (Fsp3) is 0.538. The van der Waals surface area contributed by atoms with E-state index in [9.17, 15) is 4.79 Å². The van der Waals surface area contributed by atoms with Crippen LogP contribution >= 0.6 is 0 Å². The van der Waals surface area contributed by atoms with Gasteiger partial charge in [0.15, 0.2) is 5.78 Å². The number of nitrogens with zero attached hydrogens (tertiary/aromatic N) is 1. The lowest BCUT2D eigenvalue weighted by molar-refractivity contribution is 0.0978. The van der Waals surface area contributed by atoms with Crippen LogP contribution in [0.1, 0.15) is 54.9 Å². The Kier molecular flexibility index (Phi) is 5.02. The number of hydrogen-bond donors (Lipinski definition) is 0. The molecular weight excluding hydrogens is 186 g/mol. The van der Waals surface area contributed by atoms with Gasteiger partial charge >= 0.3 is 0 Å². The molecule has 1 aromatic rings. The lowest BCUT2D eigenvalue weighted by Gasteiger charge is -2.01. The second kappa shape index (κ2) is 6.33. The highest BCUT2D eigenvalue weighted by atomic mass is 16.1. The van der Waals surface area contributed by atoms with Crippen molar-refractivity contribution in [2.75, 3.05) is 0 Å². The van der Waals surface area contributed by atoms with E-state index in [4.69, 9.17) is 0 Å². The molecular formula is C13H19NO.